The van der Waals surface area contributed by atoms with Gasteiger partial charge in [-0.3, -0.25) is 0 Å². The van der Waals surface area contributed by atoms with Crippen LogP contribution in [0.25, 0.3) is 0 Å². The molecule has 0 aliphatic heterocycles. The molecule has 0 bridgehead atoms. The molecular formula is C14H22ClNO4. The minimum absolute atomic E-state index is 0.539. The molecule has 0 saturated carbocycles. The second-order valence-electron chi connectivity index (χ2n) is 4.07. The first kappa shape index (κ1) is 16.9. The van der Waals surface area contributed by atoms with Crippen LogP contribution in [-0.2, 0) is 9.47 Å². The second-order valence-corrected chi connectivity index (χ2v) is 4.48. The highest BCUT2D eigenvalue weighted by Gasteiger charge is 2.09. The third-order valence-corrected chi connectivity index (χ3v) is 2.97. The molecule has 0 atom stereocenters. The lowest BCUT2D eigenvalue weighted by atomic mass is 10.2. The van der Waals surface area contributed by atoms with Crippen molar-refractivity contribution in [2.24, 2.45) is 0 Å². The molecule has 0 fully saturated rings. The van der Waals surface area contributed by atoms with Gasteiger partial charge >= 0.3 is 0 Å². The molecule has 114 valence electrons. The lowest BCUT2D eigenvalue weighted by Gasteiger charge is -2.14. The van der Waals surface area contributed by atoms with Gasteiger partial charge < -0.3 is 24.3 Å². The Morgan fingerprint density at radius 2 is 1.75 bits per heavy atom. The molecule has 6 heteroatoms. The number of ether oxygens (including phenoxy) is 4. The van der Waals surface area contributed by atoms with Gasteiger partial charge in [-0.1, -0.05) is 11.6 Å². The van der Waals surface area contributed by atoms with E-state index in [1.54, 1.807) is 33.5 Å². The summed E-state index contributed by atoms with van der Waals surface area (Å²) in [5.41, 5.74) is 0.818. The Bertz CT molecular complexity index is 401. The average Bonchev–Trinajstić information content (AvgIpc) is 2.46. The van der Waals surface area contributed by atoms with Gasteiger partial charge in [-0.2, -0.15) is 0 Å². The highest BCUT2D eigenvalue weighted by atomic mass is 35.5. The van der Waals surface area contributed by atoms with E-state index in [-0.39, 0.29) is 0 Å². The Labute approximate surface area is 125 Å². The number of hydrogen-bond donors (Lipinski definition) is 1. The number of halogens is 1. The maximum absolute atomic E-state index is 6.09. The van der Waals surface area contributed by atoms with Crippen LogP contribution in [-0.4, -0.2) is 47.7 Å². The van der Waals surface area contributed by atoms with Crippen molar-refractivity contribution in [3.63, 3.8) is 0 Å². The van der Waals surface area contributed by atoms with Crippen LogP contribution in [0.15, 0.2) is 12.1 Å². The van der Waals surface area contributed by atoms with Crippen molar-refractivity contribution in [3.8, 4) is 11.5 Å². The molecule has 1 N–H and O–H groups in total. The zero-order chi connectivity index (χ0) is 14.8. The van der Waals surface area contributed by atoms with Crippen LogP contribution < -0.4 is 14.8 Å². The number of nitrogens with one attached hydrogen (secondary N) is 1. The fourth-order valence-corrected chi connectivity index (χ4v) is 1.90. The summed E-state index contributed by atoms with van der Waals surface area (Å²) in [4.78, 5) is 0. The fourth-order valence-electron chi connectivity index (χ4n) is 1.66. The van der Waals surface area contributed by atoms with Gasteiger partial charge in [0.2, 0.25) is 0 Å². The molecule has 20 heavy (non-hydrogen) atoms. The Balaban J connectivity index is 2.41. The van der Waals surface area contributed by atoms with Crippen molar-refractivity contribution in [2.75, 3.05) is 53.0 Å². The van der Waals surface area contributed by atoms with E-state index in [1.165, 1.54) is 0 Å². The predicted molar refractivity (Wildman–Crippen MR) is 80.4 cm³/mol. The quantitative estimate of drug-likeness (QED) is 0.674. The molecule has 0 radical (unpaired) electrons. The Kier molecular flexibility index (Phi) is 8.18. The molecule has 0 aliphatic rings. The zero-order valence-corrected chi connectivity index (χ0v) is 13.0. The summed E-state index contributed by atoms with van der Waals surface area (Å²) in [6.07, 6.45) is 0.897. The van der Waals surface area contributed by atoms with E-state index in [9.17, 15) is 0 Å². The van der Waals surface area contributed by atoms with Crippen LogP contribution >= 0.6 is 11.6 Å². The van der Waals surface area contributed by atoms with Crippen molar-refractivity contribution in [1.82, 2.24) is 0 Å². The molecular weight excluding hydrogens is 282 g/mol. The Hall–Kier alpha value is -1.17. The third kappa shape index (κ3) is 5.45. The summed E-state index contributed by atoms with van der Waals surface area (Å²) >= 11 is 6.09. The van der Waals surface area contributed by atoms with Gasteiger partial charge in [0.1, 0.15) is 11.5 Å². The van der Waals surface area contributed by atoms with Gasteiger partial charge in [-0.05, 0) is 12.5 Å². The van der Waals surface area contributed by atoms with Gasteiger partial charge in [0.15, 0.2) is 0 Å². The number of anilines is 1. The van der Waals surface area contributed by atoms with Crippen LogP contribution in [0.3, 0.4) is 0 Å². The molecule has 1 aromatic rings. The topological polar surface area (TPSA) is 49.0 Å². The van der Waals surface area contributed by atoms with Gasteiger partial charge in [0, 0.05) is 32.9 Å². The van der Waals surface area contributed by atoms with Crippen LogP contribution in [0, 0.1) is 0 Å². The molecule has 0 unspecified atom stereocenters. The summed E-state index contributed by atoms with van der Waals surface area (Å²) in [6.45, 7) is 2.69. The van der Waals surface area contributed by atoms with Crippen molar-refractivity contribution in [2.45, 2.75) is 6.42 Å². The first-order valence-electron chi connectivity index (χ1n) is 6.45. The molecule has 0 amide bonds. The maximum Gasteiger partial charge on any atom is 0.145 e. The molecule has 0 saturated heterocycles. The summed E-state index contributed by atoms with van der Waals surface area (Å²) in [6, 6.07) is 3.54. The fraction of sp³-hybridized carbons (Fsp3) is 0.571. The van der Waals surface area contributed by atoms with Crippen molar-refractivity contribution in [1.29, 1.82) is 0 Å². The van der Waals surface area contributed by atoms with Gasteiger partial charge in [-0.25, -0.2) is 0 Å². The van der Waals surface area contributed by atoms with Crippen LogP contribution in [0.4, 0.5) is 5.69 Å². The number of methoxy groups -OCH3 is 3. The van der Waals surface area contributed by atoms with E-state index in [0.29, 0.717) is 36.3 Å². The van der Waals surface area contributed by atoms with Crippen molar-refractivity contribution >= 4 is 17.3 Å². The Morgan fingerprint density at radius 1 is 1.00 bits per heavy atom. The molecule has 0 heterocycles. The van der Waals surface area contributed by atoms with Crippen molar-refractivity contribution in [3.05, 3.63) is 17.2 Å². The summed E-state index contributed by atoms with van der Waals surface area (Å²) < 4.78 is 20.9. The minimum Gasteiger partial charge on any atom is -0.495 e. The largest absolute Gasteiger partial charge is 0.495 e. The first-order chi connectivity index (χ1) is 9.72. The van der Waals surface area contributed by atoms with Crippen LogP contribution in [0.1, 0.15) is 6.42 Å². The number of benzene rings is 1. The second kappa shape index (κ2) is 9.69. The number of hydrogen-bond acceptors (Lipinski definition) is 5. The van der Waals surface area contributed by atoms with E-state index >= 15 is 0 Å². The zero-order valence-electron chi connectivity index (χ0n) is 12.2. The van der Waals surface area contributed by atoms with E-state index in [0.717, 1.165) is 18.7 Å². The highest BCUT2D eigenvalue weighted by Crippen LogP contribution is 2.35. The molecule has 1 rings (SSSR count). The SMILES string of the molecule is COCCCOCCNc1cc(Cl)c(OC)cc1OC. The number of rotatable bonds is 10. The monoisotopic (exact) mass is 303 g/mol. The third-order valence-electron chi connectivity index (χ3n) is 2.67. The molecule has 1 aromatic carbocycles. The maximum atomic E-state index is 6.09. The Morgan fingerprint density at radius 3 is 2.40 bits per heavy atom. The van der Waals surface area contributed by atoms with E-state index < -0.39 is 0 Å². The minimum atomic E-state index is 0.539. The smallest absolute Gasteiger partial charge is 0.145 e. The van der Waals surface area contributed by atoms with E-state index in [2.05, 4.69) is 5.32 Å². The van der Waals surface area contributed by atoms with Gasteiger partial charge in [-0.15, -0.1) is 0 Å². The van der Waals surface area contributed by atoms with E-state index in [4.69, 9.17) is 30.5 Å². The van der Waals surface area contributed by atoms with Crippen molar-refractivity contribution < 1.29 is 18.9 Å². The van der Waals surface area contributed by atoms with Crippen LogP contribution in [0.2, 0.25) is 5.02 Å². The predicted octanol–water partition coefficient (Wildman–Crippen LogP) is 2.82. The molecule has 5 nitrogen and oxygen atoms in total. The van der Waals surface area contributed by atoms with Gasteiger partial charge in [0.25, 0.3) is 0 Å². The highest BCUT2D eigenvalue weighted by molar-refractivity contribution is 6.32. The molecule has 0 aromatic heterocycles. The standard InChI is InChI=1S/C14H22ClNO4/c1-17-6-4-7-20-8-5-16-12-9-11(15)13(18-2)10-14(12)19-3/h9-10,16H,4-8H2,1-3H3. The normalized spacial score (nSPS) is 10.4. The first-order valence-corrected chi connectivity index (χ1v) is 6.82. The van der Waals surface area contributed by atoms with Gasteiger partial charge in [0.05, 0.1) is 31.5 Å². The molecule has 0 aliphatic carbocycles. The van der Waals surface area contributed by atoms with E-state index in [1.807, 2.05) is 0 Å². The molecule has 0 spiro atoms. The average molecular weight is 304 g/mol. The summed E-state index contributed by atoms with van der Waals surface area (Å²) in [5, 5.41) is 3.76. The van der Waals surface area contributed by atoms with Crippen LogP contribution in [0.5, 0.6) is 11.5 Å². The lowest BCUT2D eigenvalue weighted by molar-refractivity contribution is 0.109. The summed E-state index contributed by atoms with van der Waals surface area (Å²) in [5.74, 6) is 1.27. The lowest BCUT2D eigenvalue weighted by Crippen LogP contribution is -2.11. The summed E-state index contributed by atoms with van der Waals surface area (Å²) in [7, 11) is 4.86.